The number of furan rings is 1. The minimum absolute atomic E-state index is 0.206. The summed E-state index contributed by atoms with van der Waals surface area (Å²) in [4.78, 5) is 28.0. The summed E-state index contributed by atoms with van der Waals surface area (Å²) in [5.74, 6) is -0.365. The van der Waals surface area contributed by atoms with E-state index in [1.807, 2.05) is 13.0 Å². The summed E-state index contributed by atoms with van der Waals surface area (Å²) >= 11 is 12.4. The molecule has 0 radical (unpaired) electrons. The van der Waals surface area contributed by atoms with Crippen LogP contribution < -0.4 is 10.1 Å². The molecule has 0 aliphatic heterocycles. The first kappa shape index (κ1) is 20.0. The van der Waals surface area contributed by atoms with E-state index in [1.54, 1.807) is 18.2 Å². The first-order valence-corrected chi connectivity index (χ1v) is 9.02. The third-order valence-corrected chi connectivity index (χ3v) is 4.31. The summed E-state index contributed by atoms with van der Waals surface area (Å²) in [5.41, 5.74) is 1.19. The molecule has 0 fully saturated rings. The number of nitrogens with zero attached hydrogens (tertiary/aromatic N) is 1. The minimum Gasteiger partial charge on any atom is -0.478 e. The monoisotopic (exact) mass is 422 g/mol. The Labute approximate surface area is 170 Å². The van der Waals surface area contributed by atoms with Crippen molar-refractivity contribution in [2.45, 2.75) is 13.5 Å². The van der Waals surface area contributed by atoms with Crippen molar-refractivity contribution < 1.29 is 23.5 Å². The first-order chi connectivity index (χ1) is 13.4. The van der Waals surface area contributed by atoms with Crippen LogP contribution in [-0.4, -0.2) is 30.1 Å². The smallest absolute Gasteiger partial charge is 0.344 e. The topological polar surface area (TPSA) is 90.7 Å². The average molecular weight is 423 g/mol. The lowest BCUT2D eigenvalue weighted by Crippen LogP contribution is -2.29. The van der Waals surface area contributed by atoms with Gasteiger partial charge in [-0.2, -0.15) is 0 Å². The maximum atomic E-state index is 11.9. The molecule has 0 atom stereocenters. The lowest BCUT2D eigenvalue weighted by molar-refractivity contribution is -0.150. The van der Waals surface area contributed by atoms with E-state index >= 15 is 0 Å². The molecule has 0 bridgehead atoms. The molecule has 1 N–H and O–H groups in total. The van der Waals surface area contributed by atoms with Crippen molar-refractivity contribution in [2.24, 2.45) is 0 Å². The van der Waals surface area contributed by atoms with E-state index in [0.717, 1.165) is 5.69 Å². The molecule has 3 aromatic rings. The summed E-state index contributed by atoms with van der Waals surface area (Å²) in [6.07, 6.45) is 1.50. The van der Waals surface area contributed by atoms with E-state index in [-0.39, 0.29) is 17.3 Å². The Kier molecular flexibility index (Phi) is 6.38. The second kappa shape index (κ2) is 8.95. The Morgan fingerprint density at radius 1 is 1.18 bits per heavy atom. The molecular weight excluding hydrogens is 407 g/mol. The predicted octanol–water partition coefficient (Wildman–Crippen LogP) is 3.68. The number of aryl methyl sites for hydroxylation is 1. The quantitative estimate of drug-likeness (QED) is 0.583. The van der Waals surface area contributed by atoms with Crippen LogP contribution in [0.4, 0.5) is 0 Å². The second-order valence-corrected chi connectivity index (χ2v) is 6.64. The largest absolute Gasteiger partial charge is 0.478 e. The Morgan fingerprint density at radius 3 is 2.75 bits per heavy atom. The Bertz CT molecular complexity index is 1010. The van der Waals surface area contributed by atoms with Crippen LogP contribution in [0.5, 0.6) is 5.75 Å². The Balaban J connectivity index is 1.56. The number of rotatable bonds is 7. The molecule has 1 amide bonds. The van der Waals surface area contributed by atoms with Gasteiger partial charge in [0.15, 0.2) is 19.0 Å². The number of hydrogen-bond acceptors (Lipinski definition) is 6. The summed E-state index contributed by atoms with van der Waals surface area (Å²) < 4.78 is 15.5. The number of nitrogens with one attached hydrogen (secondary N) is 1. The second-order valence-electron chi connectivity index (χ2n) is 5.82. The highest BCUT2D eigenvalue weighted by Crippen LogP contribution is 2.37. The third-order valence-electron chi connectivity index (χ3n) is 3.72. The Morgan fingerprint density at radius 2 is 2.00 bits per heavy atom. The molecule has 2 aromatic heterocycles. The lowest BCUT2D eigenvalue weighted by atomic mass is 10.2. The summed E-state index contributed by atoms with van der Waals surface area (Å²) in [6, 6.07) is 8.55. The number of pyridine rings is 1. The number of carbonyl (C=O) groups excluding carboxylic acids is 2. The number of amides is 1. The highest BCUT2D eigenvalue weighted by molar-refractivity contribution is 6.39. The average Bonchev–Trinajstić information content (AvgIpc) is 3.17. The van der Waals surface area contributed by atoms with E-state index < -0.39 is 25.1 Å². The van der Waals surface area contributed by atoms with Crippen molar-refractivity contribution in [3.05, 3.63) is 58.1 Å². The van der Waals surface area contributed by atoms with Gasteiger partial charge in [-0.05, 0) is 37.3 Å². The minimum atomic E-state index is -0.722. The molecule has 0 aliphatic rings. The van der Waals surface area contributed by atoms with Crippen LogP contribution in [0, 0.1) is 6.92 Å². The summed E-state index contributed by atoms with van der Waals surface area (Å²) in [6.45, 7) is 1.15. The van der Waals surface area contributed by atoms with Gasteiger partial charge in [-0.15, -0.1) is 0 Å². The van der Waals surface area contributed by atoms with E-state index in [4.69, 9.17) is 37.1 Å². The van der Waals surface area contributed by atoms with Gasteiger partial charge in [-0.1, -0.05) is 23.2 Å². The van der Waals surface area contributed by atoms with Crippen LogP contribution in [0.15, 0.2) is 41.0 Å². The van der Waals surface area contributed by atoms with Gasteiger partial charge in [0.2, 0.25) is 0 Å². The molecular formula is C19H16Cl2N2O5. The van der Waals surface area contributed by atoms with Gasteiger partial charge < -0.3 is 19.2 Å². The number of esters is 1. The number of fused-ring (bicyclic) bond motifs is 1. The van der Waals surface area contributed by atoms with Crippen molar-refractivity contribution in [2.75, 3.05) is 13.2 Å². The van der Waals surface area contributed by atoms with E-state index in [0.29, 0.717) is 21.7 Å². The van der Waals surface area contributed by atoms with Crippen molar-refractivity contribution in [3.8, 4) is 5.75 Å². The zero-order valence-electron chi connectivity index (χ0n) is 14.8. The number of ether oxygens (including phenoxy) is 2. The maximum absolute atomic E-state index is 11.9. The van der Waals surface area contributed by atoms with Crippen molar-refractivity contribution >= 4 is 46.0 Å². The van der Waals surface area contributed by atoms with Crippen LogP contribution in [0.3, 0.4) is 0 Å². The maximum Gasteiger partial charge on any atom is 0.344 e. The fourth-order valence-corrected chi connectivity index (χ4v) is 2.97. The van der Waals surface area contributed by atoms with E-state index in [2.05, 4.69) is 10.3 Å². The van der Waals surface area contributed by atoms with Gasteiger partial charge >= 0.3 is 5.97 Å². The molecule has 0 aliphatic carbocycles. The molecule has 2 heterocycles. The van der Waals surface area contributed by atoms with Gasteiger partial charge in [-0.3, -0.25) is 4.79 Å². The highest BCUT2D eigenvalue weighted by Gasteiger charge is 2.16. The molecule has 146 valence electrons. The van der Waals surface area contributed by atoms with E-state index in [9.17, 15) is 9.59 Å². The van der Waals surface area contributed by atoms with Crippen LogP contribution in [0.1, 0.15) is 11.5 Å². The van der Waals surface area contributed by atoms with Crippen molar-refractivity contribution in [1.82, 2.24) is 10.3 Å². The van der Waals surface area contributed by atoms with Crippen LogP contribution in [0.25, 0.3) is 10.9 Å². The standard InChI is InChI=1S/C19H16Cl2N2O5/c1-11-4-5-13-14(20)7-15(21)19(18(13)23-11)28-10-17(25)27-9-16(24)22-8-12-3-2-6-26-12/h2-7H,8-10H2,1H3,(H,22,24). The van der Waals surface area contributed by atoms with Crippen LogP contribution >= 0.6 is 23.2 Å². The number of benzene rings is 1. The fourth-order valence-electron chi connectivity index (χ4n) is 2.40. The van der Waals surface area contributed by atoms with Gasteiger partial charge in [0.05, 0.1) is 22.9 Å². The molecule has 0 spiro atoms. The third kappa shape index (κ3) is 4.94. The molecule has 0 saturated heterocycles. The Hall–Kier alpha value is -2.77. The number of carbonyl (C=O) groups is 2. The fraction of sp³-hybridized carbons (Fsp3) is 0.211. The molecule has 9 heteroatoms. The molecule has 7 nitrogen and oxygen atoms in total. The highest BCUT2D eigenvalue weighted by atomic mass is 35.5. The van der Waals surface area contributed by atoms with Gasteiger partial charge in [0, 0.05) is 11.1 Å². The van der Waals surface area contributed by atoms with Crippen molar-refractivity contribution in [1.29, 1.82) is 0 Å². The van der Waals surface area contributed by atoms with Gasteiger partial charge in [0.1, 0.15) is 11.3 Å². The molecule has 0 saturated carbocycles. The molecule has 3 rings (SSSR count). The summed E-state index contributed by atoms with van der Waals surface area (Å²) in [5, 5.41) is 3.86. The van der Waals surface area contributed by atoms with Crippen molar-refractivity contribution in [3.63, 3.8) is 0 Å². The number of halogens is 2. The van der Waals surface area contributed by atoms with E-state index in [1.165, 1.54) is 12.3 Å². The first-order valence-electron chi connectivity index (χ1n) is 8.27. The number of aromatic nitrogens is 1. The van der Waals surface area contributed by atoms with Gasteiger partial charge in [0.25, 0.3) is 5.91 Å². The lowest BCUT2D eigenvalue weighted by Gasteiger charge is -2.12. The zero-order valence-corrected chi connectivity index (χ0v) is 16.3. The predicted molar refractivity (Wildman–Crippen MR) is 104 cm³/mol. The zero-order chi connectivity index (χ0) is 20.1. The van der Waals surface area contributed by atoms with Gasteiger partial charge in [-0.25, -0.2) is 9.78 Å². The SMILES string of the molecule is Cc1ccc2c(Cl)cc(Cl)c(OCC(=O)OCC(=O)NCc3ccco3)c2n1. The molecule has 28 heavy (non-hydrogen) atoms. The molecule has 1 aromatic carbocycles. The summed E-state index contributed by atoms with van der Waals surface area (Å²) in [7, 11) is 0. The molecule has 0 unspecified atom stereocenters. The van der Waals surface area contributed by atoms with Crippen LogP contribution in [-0.2, 0) is 20.9 Å². The number of hydrogen-bond donors (Lipinski definition) is 1. The van der Waals surface area contributed by atoms with Crippen LogP contribution in [0.2, 0.25) is 10.0 Å². The normalized spacial score (nSPS) is 10.7.